The lowest BCUT2D eigenvalue weighted by Gasteiger charge is -2.25. The fourth-order valence-electron chi connectivity index (χ4n) is 1.95. The number of hydrogen-bond acceptors (Lipinski definition) is 3. The number of benzene rings is 1. The lowest BCUT2D eigenvalue weighted by atomic mass is 10.1. The molecule has 1 N–H and O–H groups in total. The first-order valence-electron chi connectivity index (χ1n) is 6.18. The Morgan fingerprint density at radius 1 is 1.42 bits per heavy atom. The molecule has 0 aliphatic heterocycles. The van der Waals surface area contributed by atoms with E-state index < -0.39 is 10.0 Å². The van der Waals surface area contributed by atoms with Crippen molar-refractivity contribution in [2.45, 2.75) is 38.3 Å². The second-order valence-corrected chi connectivity index (χ2v) is 6.51. The quantitative estimate of drug-likeness (QED) is 0.813. The van der Waals surface area contributed by atoms with Crippen LogP contribution in [0.25, 0.3) is 0 Å². The van der Waals surface area contributed by atoms with E-state index in [2.05, 4.69) is 6.58 Å². The minimum Gasteiger partial charge on any atom is -0.392 e. The Labute approximate surface area is 115 Å². The number of aliphatic hydroxyl groups is 1. The first-order valence-corrected chi connectivity index (χ1v) is 7.62. The number of sulfonamides is 1. The predicted octanol–water partition coefficient (Wildman–Crippen LogP) is 2.07. The van der Waals surface area contributed by atoms with Crippen molar-refractivity contribution < 1.29 is 13.5 Å². The molecule has 5 heteroatoms. The highest BCUT2D eigenvalue weighted by Crippen LogP contribution is 2.24. The van der Waals surface area contributed by atoms with Crippen LogP contribution in [0.15, 0.2) is 35.7 Å². The van der Waals surface area contributed by atoms with E-state index >= 15 is 0 Å². The van der Waals surface area contributed by atoms with E-state index in [4.69, 9.17) is 0 Å². The topological polar surface area (TPSA) is 57.6 Å². The molecular weight excluding hydrogens is 262 g/mol. The normalized spacial score (nSPS) is 12.1. The van der Waals surface area contributed by atoms with Gasteiger partial charge in [-0.25, -0.2) is 8.42 Å². The Morgan fingerprint density at radius 3 is 2.53 bits per heavy atom. The van der Waals surface area contributed by atoms with Gasteiger partial charge in [0.1, 0.15) is 0 Å². The molecule has 106 valence electrons. The molecule has 0 saturated carbocycles. The van der Waals surface area contributed by atoms with Gasteiger partial charge in [0.05, 0.1) is 11.5 Å². The smallest absolute Gasteiger partial charge is 0.243 e. The zero-order chi connectivity index (χ0) is 14.6. The average Bonchev–Trinajstić information content (AvgIpc) is 2.35. The Balaban J connectivity index is 3.37. The Morgan fingerprint density at radius 2 is 2.05 bits per heavy atom. The van der Waals surface area contributed by atoms with Crippen LogP contribution in [-0.2, 0) is 16.6 Å². The highest BCUT2D eigenvalue weighted by atomic mass is 32.2. The van der Waals surface area contributed by atoms with Gasteiger partial charge in [0.15, 0.2) is 0 Å². The molecule has 0 aliphatic rings. The van der Waals surface area contributed by atoms with Gasteiger partial charge in [-0.05, 0) is 38.0 Å². The van der Waals surface area contributed by atoms with Gasteiger partial charge in [0.25, 0.3) is 0 Å². The summed E-state index contributed by atoms with van der Waals surface area (Å²) in [6.45, 7) is 9.06. The van der Waals surface area contributed by atoms with Crippen LogP contribution in [0, 0.1) is 6.92 Å². The molecule has 4 nitrogen and oxygen atoms in total. The van der Waals surface area contributed by atoms with E-state index in [1.165, 1.54) is 4.31 Å². The fourth-order valence-corrected chi connectivity index (χ4v) is 3.83. The predicted molar refractivity (Wildman–Crippen MR) is 76.3 cm³/mol. The van der Waals surface area contributed by atoms with E-state index in [0.717, 1.165) is 0 Å². The second kappa shape index (κ2) is 6.32. The average molecular weight is 283 g/mol. The van der Waals surface area contributed by atoms with E-state index in [9.17, 15) is 13.5 Å². The highest BCUT2D eigenvalue weighted by molar-refractivity contribution is 7.89. The van der Waals surface area contributed by atoms with E-state index in [1.807, 2.05) is 13.8 Å². The first kappa shape index (κ1) is 15.9. The van der Waals surface area contributed by atoms with Crippen molar-refractivity contribution in [3.8, 4) is 0 Å². The van der Waals surface area contributed by atoms with Crippen molar-refractivity contribution in [2.24, 2.45) is 0 Å². The maximum absolute atomic E-state index is 12.6. The second-order valence-electron chi connectivity index (χ2n) is 4.66. The van der Waals surface area contributed by atoms with Crippen LogP contribution in [0.5, 0.6) is 0 Å². The minimum atomic E-state index is -3.57. The van der Waals surface area contributed by atoms with Crippen molar-refractivity contribution in [1.82, 2.24) is 4.31 Å². The molecule has 0 spiro atoms. The summed E-state index contributed by atoms with van der Waals surface area (Å²) < 4.78 is 26.7. The molecule has 1 rings (SSSR count). The van der Waals surface area contributed by atoms with Crippen molar-refractivity contribution >= 4 is 10.0 Å². The third-order valence-corrected chi connectivity index (χ3v) is 5.22. The molecule has 0 amide bonds. The third kappa shape index (κ3) is 3.23. The minimum absolute atomic E-state index is 0.153. The first-order chi connectivity index (χ1) is 8.86. The van der Waals surface area contributed by atoms with Gasteiger partial charge in [-0.2, -0.15) is 4.31 Å². The molecule has 0 aliphatic carbocycles. The lowest BCUT2D eigenvalue weighted by molar-refractivity contribution is 0.280. The van der Waals surface area contributed by atoms with E-state index in [0.29, 0.717) is 11.1 Å². The summed E-state index contributed by atoms with van der Waals surface area (Å²) in [6.07, 6.45) is 1.57. The van der Waals surface area contributed by atoms with Gasteiger partial charge in [0, 0.05) is 12.6 Å². The maximum atomic E-state index is 12.6. The van der Waals surface area contributed by atoms with Crippen LogP contribution in [-0.4, -0.2) is 30.4 Å². The molecule has 0 fully saturated rings. The van der Waals surface area contributed by atoms with Crippen LogP contribution < -0.4 is 0 Å². The molecule has 1 aromatic carbocycles. The molecule has 0 radical (unpaired) electrons. The van der Waals surface area contributed by atoms with Crippen LogP contribution >= 0.6 is 0 Å². The van der Waals surface area contributed by atoms with Crippen molar-refractivity contribution in [3.63, 3.8) is 0 Å². The Kier molecular flexibility index (Phi) is 5.29. The molecule has 19 heavy (non-hydrogen) atoms. The van der Waals surface area contributed by atoms with Crippen molar-refractivity contribution in [1.29, 1.82) is 0 Å². The molecule has 0 saturated heterocycles. The molecule has 0 unspecified atom stereocenters. The summed E-state index contributed by atoms with van der Waals surface area (Å²) in [7, 11) is -3.57. The standard InChI is InChI=1S/C14H21NO3S/c1-5-9-15(11(2)3)19(17,18)14-8-6-7-13(10-16)12(14)4/h5-8,11,16H,1,9-10H2,2-4H3. The number of hydrogen-bond donors (Lipinski definition) is 1. The molecule has 0 aromatic heterocycles. The molecule has 0 bridgehead atoms. The van der Waals surface area contributed by atoms with Gasteiger partial charge in [-0.1, -0.05) is 18.2 Å². The van der Waals surface area contributed by atoms with Crippen LogP contribution in [0.4, 0.5) is 0 Å². The molecular formula is C14H21NO3S. The van der Waals surface area contributed by atoms with Gasteiger partial charge in [-0.3, -0.25) is 0 Å². The SMILES string of the molecule is C=CCN(C(C)C)S(=O)(=O)c1cccc(CO)c1C. The highest BCUT2D eigenvalue weighted by Gasteiger charge is 2.27. The summed E-state index contributed by atoms with van der Waals surface area (Å²) in [6, 6.07) is 4.79. The van der Waals surface area contributed by atoms with Crippen LogP contribution in [0.3, 0.4) is 0 Å². The van der Waals surface area contributed by atoms with E-state index in [-0.39, 0.29) is 24.1 Å². The summed E-state index contributed by atoms with van der Waals surface area (Å²) in [5.74, 6) is 0. The zero-order valence-electron chi connectivity index (χ0n) is 11.6. The Bertz CT molecular complexity index is 550. The molecule has 0 atom stereocenters. The van der Waals surface area contributed by atoms with Crippen molar-refractivity contribution in [2.75, 3.05) is 6.54 Å². The largest absolute Gasteiger partial charge is 0.392 e. The number of nitrogens with zero attached hydrogens (tertiary/aromatic N) is 1. The molecule has 0 heterocycles. The van der Waals surface area contributed by atoms with Crippen molar-refractivity contribution in [3.05, 3.63) is 42.0 Å². The fraction of sp³-hybridized carbons (Fsp3) is 0.429. The lowest BCUT2D eigenvalue weighted by Crippen LogP contribution is -2.37. The molecule has 1 aromatic rings. The van der Waals surface area contributed by atoms with Gasteiger partial charge in [-0.15, -0.1) is 6.58 Å². The maximum Gasteiger partial charge on any atom is 0.243 e. The van der Waals surface area contributed by atoms with Gasteiger partial charge < -0.3 is 5.11 Å². The third-order valence-electron chi connectivity index (χ3n) is 3.04. The summed E-state index contributed by atoms with van der Waals surface area (Å²) in [5, 5.41) is 9.24. The summed E-state index contributed by atoms with van der Waals surface area (Å²) in [4.78, 5) is 0.245. The van der Waals surface area contributed by atoms with Crippen LogP contribution in [0.2, 0.25) is 0 Å². The zero-order valence-corrected chi connectivity index (χ0v) is 12.4. The monoisotopic (exact) mass is 283 g/mol. The summed E-state index contributed by atoms with van der Waals surface area (Å²) >= 11 is 0. The summed E-state index contributed by atoms with van der Waals surface area (Å²) in [5.41, 5.74) is 1.23. The number of aliphatic hydroxyl groups excluding tert-OH is 1. The number of rotatable bonds is 6. The van der Waals surface area contributed by atoms with E-state index in [1.54, 1.807) is 31.2 Å². The van der Waals surface area contributed by atoms with Gasteiger partial charge >= 0.3 is 0 Å². The van der Waals surface area contributed by atoms with Gasteiger partial charge in [0.2, 0.25) is 10.0 Å². The Hall–Kier alpha value is -1.17. The van der Waals surface area contributed by atoms with Crippen LogP contribution in [0.1, 0.15) is 25.0 Å².